The number of ether oxygens (including phenoxy) is 3. The number of carbonyl (C=O) groups excluding carboxylic acids is 3. The second-order valence-corrected chi connectivity index (χ2v) is 12.2. The van der Waals surface area contributed by atoms with Gasteiger partial charge >= 0.3 is 19.5 Å². The zero-order chi connectivity index (χ0) is 31.7. The monoisotopic (exact) mass is 619 g/mol. The van der Waals surface area contributed by atoms with Gasteiger partial charge in [0.15, 0.2) is 11.5 Å². The van der Waals surface area contributed by atoms with E-state index < -0.39 is 37.6 Å². The number of esters is 2. The number of benzene rings is 1. The SMILES string of the molecule is COC(=O)[C@H](Cc1ccc(O[P@@](=O)(CO[C@H](C)Cn2cnc3c(N)ncnc32)N[C@@H](C)C(=O)OC(C)C)cc1)NC(C)=O. The maximum atomic E-state index is 14.0. The van der Waals surface area contributed by atoms with Crippen molar-refractivity contribution in [2.75, 3.05) is 19.2 Å². The van der Waals surface area contributed by atoms with E-state index in [2.05, 4.69) is 25.4 Å². The zero-order valence-electron chi connectivity index (χ0n) is 25.0. The maximum absolute atomic E-state index is 14.0. The summed E-state index contributed by atoms with van der Waals surface area (Å²) in [5.74, 6) is -1.08. The standard InChI is InChI=1S/C27H38N7O8P/c1-16(2)41-26(36)18(4)33-43(38,15-40-17(3)12-34-14-31-23-24(28)29-13-30-25(23)34)42-21-9-7-20(8-10-21)11-22(27(37)39-6)32-19(5)35/h7-10,13-14,16-18,22H,11-12,15H2,1-6H3,(H,32,35)(H,33,38)(H2,28,29,30)/t17-,18+,22+,43+/m1/s1. The lowest BCUT2D eigenvalue weighted by Gasteiger charge is -2.25. The molecule has 16 heteroatoms. The molecule has 0 aliphatic rings. The van der Waals surface area contributed by atoms with E-state index >= 15 is 0 Å². The first-order valence-electron chi connectivity index (χ1n) is 13.5. The Morgan fingerprint density at radius 2 is 1.74 bits per heavy atom. The van der Waals surface area contributed by atoms with Gasteiger partial charge in [0.1, 0.15) is 36.0 Å². The molecular weight excluding hydrogens is 581 g/mol. The second kappa shape index (κ2) is 14.9. The lowest BCUT2D eigenvalue weighted by atomic mass is 10.1. The van der Waals surface area contributed by atoms with Crippen LogP contribution in [0.25, 0.3) is 11.2 Å². The van der Waals surface area contributed by atoms with Crippen molar-refractivity contribution in [2.24, 2.45) is 0 Å². The van der Waals surface area contributed by atoms with Crippen molar-refractivity contribution in [3.8, 4) is 5.75 Å². The van der Waals surface area contributed by atoms with Gasteiger partial charge in [-0.25, -0.2) is 24.8 Å². The molecule has 234 valence electrons. The van der Waals surface area contributed by atoms with E-state index in [0.717, 1.165) is 0 Å². The van der Waals surface area contributed by atoms with E-state index in [1.165, 1.54) is 27.3 Å². The quantitative estimate of drug-likeness (QED) is 0.165. The highest BCUT2D eigenvalue weighted by Gasteiger charge is 2.32. The average Bonchev–Trinajstić information content (AvgIpc) is 3.35. The summed E-state index contributed by atoms with van der Waals surface area (Å²) in [5.41, 5.74) is 7.54. The Bertz CT molecular complexity index is 1460. The van der Waals surface area contributed by atoms with Crippen LogP contribution in [-0.2, 0) is 46.1 Å². The van der Waals surface area contributed by atoms with E-state index in [1.54, 1.807) is 55.9 Å². The number of amides is 1. The number of carbonyl (C=O) groups is 3. The Hall–Kier alpha value is -4.07. The van der Waals surface area contributed by atoms with Gasteiger partial charge in [0.2, 0.25) is 5.91 Å². The fraction of sp³-hybridized carbons (Fsp3) is 0.481. The predicted molar refractivity (Wildman–Crippen MR) is 157 cm³/mol. The molecule has 0 aliphatic heterocycles. The van der Waals surface area contributed by atoms with Crippen molar-refractivity contribution in [3.05, 3.63) is 42.5 Å². The Labute approximate surface area is 249 Å². The normalized spacial score (nSPS) is 14.9. The minimum Gasteiger partial charge on any atom is -0.467 e. The first-order valence-corrected chi connectivity index (χ1v) is 15.3. The second-order valence-electron chi connectivity index (χ2n) is 10.2. The molecular formula is C27H38N7O8P. The number of fused-ring (bicyclic) bond motifs is 1. The van der Waals surface area contributed by atoms with Crippen LogP contribution in [-0.4, -0.2) is 75.1 Å². The van der Waals surface area contributed by atoms with Crippen LogP contribution in [0.5, 0.6) is 5.75 Å². The number of anilines is 1. The summed E-state index contributed by atoms with van der Waals surface area (Å²) in [6, 6.07) is 4.61. The van der Waals surface area contributed by atoms with Gasteiger partial charge in [-0.2, -0.15) is 0 Å². The first kappa shape index (κ1) is 33.4. The molecule has 0 fully saturated rings. The average molecular weight is 620 g/mol. The third kappa shape index (κ3) is 9.73. The van der Waals surface area contributed by atoms with Crippen LogP contribution in [0.3, 0.4) is 0 Å². The molecule has 0 radical (unpaired) electrons. The summed E-state index contributed by atoms with van der Waals surface area (Å²) >= 11 is 0. The number of nitrogens with zero attached hydrogens (tertiary/aromatic N) is 4. The fourth-order valence-corrected chi connectivity index (χ4v) is 5.82. The maximum Gasteiger partial charge on any atom is 0.342 e. The van der Waals surface area contributed by atoms with Crippen LogP contribution in [0.4, 0.5) is 5.82 Å². The molecule has 15 nitrogen and oxygen atoms in total. The summed E-state index contributed by atoms with van der Waals surface area (Å²) in [7, 11) is -2.61. The molecule has 4 N–H and O–H groups in total. The van der Waals surface area contributed by atoms with Gasteiger partial charge in [-0.3, -0.25) is 14.2 Å². The van der Waals surface area contributed by atoms with Crippen LogP contribution in [0.2, 0.25) is 0 Å². The summed E-state index contributed by atoms with van der Waals surface area (Å²) in [5, 5.41) is 5.31. The van der Waals surface area contributed by atoms with Gasteiger partial charge in [0.25, 0.3) is 0 Å². The Kier molecular flexibility index (Phi) is 11.6. The predicted octanol–water partition coefficient (Wildman–Crippen LogP) is 2.19. The first-order chi connectivity index (χ1) is 20.3. The molecule has 43 heavy (non-hydrogen) atoms. The molecule has 0 saturated carbocycles. The van der Waals surface area contributed by atoms with Gasteiger partial charge < -0.3 is 34.4 Å². The zero-order valence-corrected chi connectivity index (χ0v) is 25.9. The molecule has 0 unspecified atom stereocenters. The van der Waals surface area contributed by atoms with Crippen LogP contribution in [0, 0.1) is 0 Å². The van der Waals surface area contributed by atoms with Gasteiger partial charge in [-0.05, 0) is 45.4 Å². The van der Waals surface area contributed by atoms with Crippen molar-refractivity contribution in [3.63, 3.8) is 0 Å². The number of nitrogens with one attached hydrogen (secondary N) is 2. The van der Waals surface area contributed by atoms with Crippen molar-refractivity contribution in [1.82, 2.24) is 29.9 Å². The molecule has 0 aliphatic carbocycles. The molecule has 0 spiro atoms. The summed E-state index contributed by atoms with van der Waals surface area (Å²) < 4.78 is 37.6. The summed E-state index contributed by atoms with van der Waals surface area (Å²) in [4.78, 5) is 48.4. The van der Waals surface area contributed by atoms with E-state index in [4.69, 9.17) is 24.5 Å². The Morgan fingerprint density at radius 3 is 2.37 bits per heavy atom. The van der Waals surface area contributed by atoms with Crippen LogP contribution in [0.15, 0.2) is 36.9 Å². The van der Waals surface area contributed by atoms with E-state index in [0.29, 0.717) is 23.3 Å². The number of hydrogen-bond acceptors (Lipinski definition) is 12. The number of rotatable bonds is 15. The number of nitrogen functional groups attached to an aromatic ring is 1. The topological polar surface area (TPSA) is 199 Å². The smallest absolute Gasteiger partial charge is 0.342 e. The third-order valence-electron chi connectivity index (χ3n) is 5.99. The molecule has 3 aromatic rings. The van der Waals surface area contributed by atoms with E-state index in [9.17, 15) is 18.9 Å². The largest absolute Gasteiger partial charge is 0.467 e. The van der Waals surface area contributed by atoms with E-state index in [-0.39, 0.29) is 36.3 Å². The highest BCUT2D eigenvalue weighted by molar-refractivity contribution is 7.57. The molecule has 1 amide bonds. The number of imidazole rings is 1. The van der Waals surface area contributed by atoms with Crippen LogP contribution in [0.1, 0.15) is 40.2 Å². The minimum atomic E-state index is -3.85. The van der Waals surface area contributed by atoms with Gasteiger partial charge in [0.05, 0.1) is 32.2 Å². The van der Waals surface area contributed by atoms with Gasteiger partial charge in [-0.15, -0.1) is 0 Å². The minimum absolute atomic E-state index is 0.167. The molecule has 2 heterocycles. The summed E-state index contributed by atoms with van der Waals surface area (Å²) in [6.07, 6.45) is 1.84. The van der Waals surface area contributed by atoms with Crippen LogP contribution < -0.4 is 20.7 Å². The molecule has 4 atom stereocenters. The number of hydrogen-bond donors (Lipinski definition) is 3. The Balaban J connectivity index is 1.74. The van der Waals surface area contributed by atoms with Crippen molar-refractivity contribution in [1.29, 1.82) is 0 Å². The lowest BCUT2D eigenvalue weighted by Crippen LogP contribution is -2.41. The number of aromatic nitrogens is 4. The molecule has 2 aromatic heterocycles. The van der Waals surface area contributed by atoms with Crippen molar-refractivity contribution < 1.29 is 37.7 Å². The van der Waals surface area contributed by atoms with Crippen molar-refractivity contribution in [2.45, 2.75) is 71.9 Å². The Morgan fingerprint density at radius 1 is 1.05 bits per heavy atom. The molecule has 0 bridgehead atoms. The number of methoxy groups -OCH3 is 1. The highest BCUT2D eigenvalue weighted by Crippen LogP contribution is 2.44. The molecule has 1 aromatic carbocycles. The van der Waals surface area contributed by atoms with Gasteiger partial charge in [-0.1, -0.05) is 12.1 Å². The lowest BCUT2D eigenvalue weighted by molar-refractivity contribution is -0.149. The third-order valence-corrected chi connectivity index (χ3v) is 7.76. The molecule has 3 rings (SSSR count). The highest BCUT2D eigenvalue weighted by atomic mass is 31.2. The molecule has 0 saturated heterocycles. The van der Waals surface area contributed by atoms with Gasteiger partial charge in [0, 0.05) is 13.3 Å². The van der Waals surface area contributed by atoms with E-state index in [1.807, 2.05) is 0 Å². The summed E-state index contributed by atoms with van der Waals surface area (Å²) in [6.45, 7) is 8.33. The fourth-order valence-electron chi connectivity index (χ4n) is 4.03. The number of nitrogens with two attached hydrogens (primary N) is 1. The van der Waals surface area contributed by atoms with Crippen molar-refractivity contribution >= 4 is 42.3 Å². The van der Waals surface area contributed by atoms with Crippen LogP contribution >= 0.6 is 7.52 Å².